The second kappa shape index (κ2) is 6.30. The number of nitriles is 1. The van der Waals surface area contributed by atoms with Crippen LogP contribution in [0.3, 0.4) is 0 Å². The predicted octanol–water partition coefficient (Wildman–Crippen LogP) is 1.38. The second-order valence-electron chi connectivity index (χ2n) is 3.89. The van der Waals surface area contributed by atoms with Crippen LogP contribution in [0.5, 0.6) is 0 Å². The molecule has 0 saturated heterocycles. The molecule has 2 N–H and O–H groups in total. The summed E-state index contributed by atoms with van der Waals surface area (Å²) in [6.45, 7) is 1.93. The first-order chi connectivity index (χ1) is 8.95. The van der Waals surface area contributed by atoms with Gasteiger partial charge in [0.1, 0.15) is 11.9 Å². The van der Waals surface area contributed by atoms with Gasteiger partial charge in [-0.05, 0) is 12.5 Å². The van der Waals surface area contributed by atoms with Crippen molar-refractivity contribution in [3.63, 3.8) is 0 Å². The van der Waals surface area contributed by atoms with E-state index < -0.39 is 16.8 Å². The summed E-state index contributed by atoms with van der Waals surface area (Å²) >= 11 is 0. The van der Waals surface area contributed by atoms with Gasteiger partial charge < -0.3 is 10.4 Å². The molecule has 0 aromatic carbocycles. The lowest BCUT2D eigenvalue weighted by atomic mass is 10.1. The standard InChI is InChI=1S/C11H12N4O4/c1-7(11(16)17)4-5-13-10-3-2-9(15(18)19)8(6-12)14-10/h2-3,7H,4-5H2,1H3,(H,13,14)(H,16,17). The summed E-state index contributed by atoms with van der Waals surface area (Å²) in [4.78, 5) is 24.3. The number of pyridine rings is 1. The Hall–Kier alpha value is -2.69. The molecule has 0 saturated carbocycles. The number of carbonyl (C=O) groups is 1. The number of aliphatic carboxylic acids is 1. The van der Waals surface area contributed by atoms with E-state index in [-0.39, 0.29) is 11.4 Å². The highest BCUT2D eigenvalue weighted by molar-refractivity contribution is 5.69. The smallest absolute Gasteiger partial charge is 0.306 e. The van der Waals surface area contributed by atoms with E-state index in [1.807, 2.05) is 0 Å². The van der Waals surface area contributed by atoms with Crippen molar-refractivity contribution in [3.05, 3.63) is 27.9 Å². The topological polar surface area (TPSA) is 129 Å². The van der Waals surface area contributed by atoms with E-state index in [1.165, 1.54) is 12.1 Å². The molecule has 8 heteroatoms. The molecule has 8 nitrogen and oxygen atoms in total. The van der Waals surface area contributed by atoms with Crippen LogP contribution in [0, 0.1) is 27.4 Å². The van der Waals surface area contributed by atoms with Gasteiger partial charge in [0, 0.05) is 12.6 Å². The molecule has 1 unspecified atom stereocenters. The van der Waals surface area contributed by atoms with E-state index in [9.17, 15) is 14.9 Å². The van der Waals surface area contributed by atoms with Crippen LogP contribution in [-0.4, -0.2) is 27.5 Å². The average molecular weight is 264 g/mol. The SMILES string of the molecule is CC(CCNc1ccc([N+](=O)[O-])c(C#N)n1)C(=O)O. The van der Waals surface area contributed by atoms with Gasteiger partial charge >= 0.3 is 11.7 Å². The minimum Gasteiger partial charge on any atom is -0.481 e. The zero-order valence-corrected chi connectivity index (χ0v) is 10.2. The van der Waals surface area contributed by atoms with E-state index in [0.717, 1.165) is 0 Å². The molecule has 0 aliphatic heterocycles. The van der Waals surface area contributed by atoms with Crippen LogP contribution in [-0.2, 0) is 4.79 Å². The average Bonchev–Trinajstić information content (AvgIpc) is 2.37. The summed E-state index contributed by atoms with van der Waals surface area (Å²) in [5.74, 6) is -1.09. The van der Waals surface area contributed by atoms with Crippen LogP contribution in [0.25, 0.3) is 0 Å². The molecule has 0 aliphatic carbocycles. The first kappa shape index (κ1) is 14.4. The highest BCUT2D eigenvalue weighted by Crippen LogP contribution is 2.18. The summed E-state index contributed by atoms with van der Waals surface area (Å²) in [7, 11) is 0. The highest BCUT2D eigenvalue weighted by atomic mass is 16.6. The van der Waals surface area contributed by atoms with Crippen molar-refractivity contribution in [2.45, 2.75) is 13.3 Å². The Balaban J connectivity index is 2.69. The van der Waals surface area contributed by atoms with Gasteiger partial charge in [-0.2, -0.15) is 5.26 Å². The van der Waals surface area contributed by atoms with Crippen LogP contribution >= 0.6 is 0 Å². The summed E-state index contributed by atoms with van der Waals surface area (Å²) in [5.41, 5.74) is -0.631. The fourth-order valence-electron chi connectivity index (χ4n) is 1.32. The minimum absolute atomic E-state index is 0.277. The molecule has 0 aliphatic rings. The molecule has 1 aromatic rings. The Labute approximate surface area is 108 Å². The number of carboxylic acids is 1. The van der Waals surface area contributed by atoms with E-state index in [1.54, 1.807) is 13.0 Å². The number of carboxylic acid groups (broad SMARTS) is 1. The van der Waals surface area contributed by atoms with E-state index in [0.29, 0.717) is 18.8 Å². The first-order valence-electron chi connectivity index (χ1n) is 5.48. The van der Waals surface area contributed by atoms with Crippen molar-refractivity contribution < 1.29 is 14.8 Å². The van der Waals surface area contributed by atoms with Crippen molar-refractivity contribution in [1.82, 2.24) is 4.98 Å². The van der Waals surface area contributed by atoms with Crippen LogP contribution in [0.15, 0.2) is 12.1 Å². The lowest BCUT2D eigenvalue weighted by Crippen LogP contribution is -2.15. The number of rotatable bonds is 6. The van der Waals surface area contributed by atoms with Crippen LogP contribution in [0.1, 0.15) is 19.0 Å². The molecular formula is C11H12N4O4. The molecule has 1 heterocycles. The fraction of sp³-hybridized carbons (Fsp3) is 0.364. The fourth-order valence-corrected chi connectivity index (χ4v) is 1.32. The second-order valence-corrected chi connectivity index (χ2v) is 3.89. The molecule has 0 amide bonds. The molecule has 0 bridgehead atoms. The van der Waals surface area contributed by atoms with Gasteiger partial charge in [-0.3, -0.25) is 14.9 Å². The molecule has 1 rings (SSSR count). The van der Waals surface area contributed by atoms with Crippen LogP contribution in [0.4, 0.5) is 11.5 Å². The van der Waals surface area contributed by atoms with E-state index in [4.69, 9.17) is 10.4 Å². The molecule has 1 atom stereocenters. The first-order valence-corrected chi connectivity index (χ1v) is 5.48. The van der Waals surface area contributed by atoms with Gasteiger partial charge in [0.25, 0.3) is 0 Å². The van der Waals surface area contributed by atoms with Gasteiger partial charge in [0.05, 0.1) is 10.8 Å². The monoisotopic (exact) mass is 264 g/mol. The Morgan fingerprint density at radius 2 is 2.37 bits per heavy atom. The van der Waals surface area contributed by atoms with Gasteiger partial charge in [0.15, 0.2) is 0 Å². The maximum atomic E-state index is 10.6. The highest BCUT2D eigenvalue weighted by Gasteiger charge is 2.15. The summed E-state index contributed by atoms with van der Waals surface area (Å²) < 4.78 is 0. The Morgan fingerprint density at radius 1 is 1.68 bits per heavy atom. The summed E-state index contributed by atoms with van der Waals surface area (Å²) in [5, 5.41) is 30.9. The third-order valence-electron chi connectivity index (χ3n) is 2.48. The van der Waals surface area contributed by atoms with E-state index >= 15 is 0 Å². The Morgan fingerprint density at radius 3 is 2.89 bits per heavy atom. The molecular weight excluding hydrogens is 252 g/mol. The number of hydrogen-bond donors (Lipinski definition) is 2. The largest absolute Gasteiger partial charge is 0.481 e. The van der Waals surface area contributed by atoms with Crippen LogP contribution < -0.4 is 5.32 Å². The molecule has 0 fully saturated rings. The minimum atomic E-state index is -0.892. The third-order valence-corrected chi connectivity index (χ3v) is 2.48. The quantitative estimate of drug-likeness (QED) is 0.586. The number of nitrogens with one attached hydrogen (secondary N) is 1. The van der Waals surface area contributed by atoms with Crippen molar-refractivity contribution in [2.75, 3.05) is 11.9 Å². The number of nitrogens with zero attached hydrogens (tertiary/aromatic N) is 3. The van der Waals surface area contributed by atoms with Crippen molar-refractivity contribution >= 4 is 17.5 Å². The van der Waals surface area contributed by atoms with E-state index in [2.05, 4.69) is 10.3 Å². The summed E-state index contributed by atoms with van der Waals surface area (Å²) in [6.07, 6.45) is 0.385. The number of nitro groups is 1. The maximum Gasteiger partial charge on any atom is 0.306 e. The van der Waals surface area contributed by atoms with Gasteiger partial charge in [-0.25, -0.2) is 4.98 Å². The van der Waals surface area contributed by atoms with Crippen molar-refractivity contribution in [1.29, 1.82) is 5.26 Å². The Kier molecular flexibility index (Phi) is 4.76. The molecule has 100 valence electrons. The van der Waals surface area contributed by atoms with Gasteiger partial charge in [0.2, 0.25) is 5.69 Å². The zero-order chi connectivity index (χ0) is 14.4. The lowest BCUT2D eigenvalue weighted by molar-refractivity contribution is -0.385. The Bertz CT molecular complexity index is 538. The number of anilines is 1. The molecule has 19 heavy (non-hydrogen) atoms. The maximum absolute atomic E-state index is 10.6. The normalized spacial score (nSPS) is 11.4. The van der Waals surface area contributed by atoms with Crippen molar-refractivity contribution in [2.24, 2.45) is 5.92 Å². The predicted molar refractivity (Wildman–Crippen MR) is 65.5 cm³/mol. The summed E-state index contributed by atoms with van der Waals surface area (Å²) in [6, 6.07) is 4.22. The van der Waals surface area contributed by atoms with Gasteiger partial charge in [-0.15, -0.1) is 0 Å². The molecule has 1 aromatic heterocycles. The molecule has 0 radical (unpaired) electrons. The number of hydrogen-bond acceptors (Lipinski definition) is 6. The van der Waals surface area contributed by atoms with Crippen LogP contribution in [0.2, 0.25) is 0 Å². The number of aromatic nitrogens is 1. The van der Waals surface area contributed by atoms with Crippen molar-refractivity contribution in [3.8, 4) is 6.07 Å². The zero-order valence-electron chi connectivity index (χ0n) is 10.2. The van der Waals surface area contributed by atoms with Gasteiger partial charge in [-0.1, -0.05) is 6.92 Å². The lowest BCUT2D eigenvalue weighted by Gasteiger charge is -2.08. The third kappa shape index (κ3) is 3.92. The molecule has 0 spiro atoms.